The molecule has 0 atom stereocenters. The number of rotatable bonds is 5. The highest BCUT2D eigenvalue weighted by molar-refractivity contribution is 5.28. The lowest BCUT2D eigenvalue weighted by atomic mass is 10.0. The van der Waals surface area contributed by atoms with Crippen molar-refractivity contribution < 1.29 is 0 Å². The summed E-state index contributed by atoms with van der Waals surface area (Å²) in [7, 11) is 0. The number of piperidine rings is 1. The number of benzene rings is 1. The van der Waals surface area contributed by atoms with Crippen LogP contribution in [0.2, 0.25) is 0 Å². The van der Waals surface area contributed by atoms with Crippen molar-refractivity contribution in [2.75, 3.05) is 19.6 Å². The fraction of sp³-hybridized carbons (Fsp3) is 0.647. The molecule has 0 saturated carbocycles. The van der Waals surface area contributed by atoms with Crippen molar-refractivity contribution in [1.29, 1.82) is 0 Å². The first-order valence-corrected chi connectivity index (χ1v) is 7.71. The zero-order valence-electron chi connectivity index (χ0n) is 12.7. The quantitative estimate of drug-likeness (QED) is 0.874. The molecule has 1 heterocycles. The average Bonchev–Trinajstić information content (AvgIpc) is 2.38. The van der Waals surface area contributed by atoms with Gasteiger partial charge in [-0.3, -0.25) is 4.90 Å². The molecular formula is C17H28N2. The lowest BCUT2D eigenvalue weighted by Crippen LogP contribution is -2.43. The Hall–Kier alpha value is -0.860. The van der Waals surface area contributed by atoms with Gasteiger partial charge in [-0.2, -0.15) is 0 Å². The van der Waals surface area contributed by atoms with E-state index < -0.39 is 0 Å². The molecule has 0 amide bonds. The average molecular weight is 260 g/mol. The Bertz CT molecular complexity index is 374. The third-order valence-corrected chi connectivity index (χ3v) is 4.00. The minimum Gasteiger partial charge on any atom is -0.317 e. The molecule has 1 aliphatic heterocycles. The predicted octanol–water partition coefficient (Wildman–Crippen LogP) is 3.27. The zero-order chi connectivity index (χ0) is 13.7. The molecule has 2 rings (SSSR count). The second kappa shape index (κ2) is 7.06. The predicted molar refractivity (Wildman–Crippen MR) is 82.5 cm³/mol. The minimum absolute atomic E-state index is 0.766. The molecule has 0 aliphatic carbocycles. The second-order valence-corrected chi connectivity index (χ2v) is 5.95. The molecular weight excluding hydrogens is 232 g/mol. The molecule has 19 heavy (non-hydrogen) atoms. The van der Waals surface area contributed by atoms with Crippen molar-refractivity contribution in [3.05, 3.63) is 34.9 Å². The van der Waals surface area contributed by atoms with E-state index in [-0.39, 0.29) is 0 Å². The van der Waals surface area contributed by atoms with Crippen molar-refractivity contribution in [2.45, 2.75) is 52.6 Å². The normalized spacial score (nSPS) is 17.1. The third-order valence-electron chi connectivity index (χ3n) is 4.00. The molecule has 1 aliphatic rings. The first-order valence-electron chi connectivity index (χ1n) is 7.71. The lowest BCUT2D eigenvalue weighted by Gasteiger charge is -2.34. The lowest BCUT2D eigenvalue weighted by molar-refractivity contribution is 0.154. The highest BCUT2D eigenvalue weighted by Gasteiger charge is 2.20. The summed E-state index contributed by atoms with van der Waals surface area (Å²) in [5.74, 6) is 0. The van der Waals surface area contributed by atoms with Gasteiger partial charge in [-0.05, 0) is 58.3 Å². The van der Waals surface area contributed by atoms with Crippen LogP contribution < -0.4 is 5.32 Å². The Morgan fingerprint density at radius 2 is 1.74 bits per heavy atom. The zero-order valence-corrected chi connectivity index (χ0v) is 12.7. The van der Waals surface area contributed by atoms with Crippen molar-refractivity contribution in [3.63, 3.8) is 0 Å². The molecule has 1 fully saturated rings. The third kappa shape index (κ3) is 4.32. The summed E-state index contributed by atoms with van der Waals surface area (Å²) in [6.45, 7) is 11.4. The largest absolute Gasteiger partial charge is 0.317 e. The van der Waals surface area contributed by atoms with Crippen LogP contribution in [0.25, 0.3) is 0 Å². The van der Waals surface area contributed by atoms with Crippen LogP contribution in [0.15, 0.2) is 18.2 Å². The van der Waals surface area contributed by atoms with Crippen molar-refractivity contribution in [1.82, 2.24) is 10.2 Å². The van der Waals surface area contributed by atoms with Crippen LogP contribution in [0.3, 0.4) is 0 Å². The van der Waals surface area contributed by atoms with Crippen LogP contribution in [0.4, 0.5) is 0 Å². The van der Waals surface area contributed by atoms with Crippen molar-refractivity contribution in [3.8, 4) is 0 Å². The number of hydrogen-bond acceptors (Lipinski definition) is 2. The number of aryl methyl sites for hydroxylation is 2. The number of hydrogen-bond donors (Lipinski definition) is 1. The first-order chi connectivity index (χ1) is 9.19. The van der Waals surface area contributed by atoms with Gasteiger partial charge in [0.1, 0.15) is 0 Å². The molecule has 2 nitrogen and oxygen atoms in total. The van der Waals surface area contributed by atoms with Gasteiger partial charge in [0.25, 0.3) is 0 Å². The van der Waals surface area contributed by atoms with Crippen LogP contribution in [0, 0.1) is 13.8 Å². The molecule has 0 aromatic heterocycles. The number of nitrogens with zero attached hydrogens (tertiary/aromatic N) is 1. The summed E-state index contributed by atoms with van der Waals surface area (Å²) >= 11 is 0. The van der Waals surface area contributed by atoms with E-state index in [1.54, 1.807) is 0 Å². The monoisotopic (exact) mass is 260 g/mol. The standard InChI is InChI=1S/C17H28N2/c1-4-9-19(17-5-7-18-8-6-17)13-16-11-14(2)10-15(3)12-16/h10-12,17-18H,4-9,13H2,1-3H3. The Morgan fingerprint density at radius 1 is 1.11 bits per heavy atom. The molecule has 106 valence electrons. The molecule has 1 N–H and O–H groups in total. The second-order valence-electron chi connectivity index (χ2n) is 5.95. The van der Waals surface area contributed by atoms with E-state index in [0.717, 1.165) is 12.6 Å². The molecule has 1 aromatic carbocycles. The molecule has 0 bridgehead atoms. The van der Waals surface area contributed by atoms with Crippen LogP contribution in [0.5, 0.6) is 0 Å². The summed E-state index contributed by atoms with van der Waals surface area (Å²) in [6, 6.07) is 7.72. The van der Waals surface area contributed by atoms with Crippen LogP contribution in [-0.2, 0) is 6.54 Å². The van der Waals surface area contributed by atoms with E-state index in [1.807, 2.05) is 0 Å². The maximum absolute atomic E-state index is 3.47. The van der Waals surface area contributed by atoms with Crippen molar-refractivity contribution in [2.24, 2.45) is 0 Å². The van der Waals surface area contributed by atoms with E-state index in [4.69, 9.17) is 0 Å². The summed E-state index contributed by atoms with van der Waals surface area (Å²) in [5.41, 5.74) is 4.25. The minimum atomic E-state index is 0.766. The van der Waals surface area contributed by atoms with Gasteiger partial charge in [-0.15, -0.1) is 0 Å². The first kappa shape index (κ1) is 14.5. The summed E-state index contributed by atoms with van der Waals surface area (Å²) < 4.78 is 0. The van der Waals surface area contributed by atoms with Crippen LogP contribution in [-0.4, -0.2) is 30.6 Å². The van der Waals surface area contributed by atoms with E-state index in [2.05, 4.69) is 49.2 Å². The highest BCUT2D eigenvalue weighted by atomic mass is 15.2. The van der Waals surface area contributed by atoms with Gasteiger partial charge in [0.2, 0.25) is 0 Å². The molecule has 0 radical (unpaired) electrons. The highest BCUT2D eigenvalue weighted by Crippen LogP contribution is 2.18. The van der Waals surface area contributed by atoms with Gasteiger partial charge in [0, 0.05) is 12.6 Å². The molecule has 1 saturated heterocycles. The van der Waals surface area contributed by atoms with Gasteiger partial charge in [-0.25, -0.2) is 0 Å². The van der Waals surface area contributed by atoms with Gasteiger partial charge in [0.15, 0.2) is 0 Å². The Labute approximate surface area is 118 Å². The summed E-state index contributed by atoms with van der Waals surface area (Å²) in [5, 5.41) is 3.47. The van der Waals surface area contributed by atoms with Gasteiger partial charge in [-0.1, -0.05) is 36.2 Å². The fourth-order valence-corrected chi connectivity index (χ4v) is 3.24. The molecule has 0 spiro atoms. The van der Waals surface area contributed by atoms with E-state index in [1.165, 1.54) is 55.6 Å². The smallest absolute Gasteiger partial charge is 0.0236 e. The van der Waals surface area contributed by atoms with Gasteiger partial charge in [0.05, 0.1) is 0 Å². The maximum atomic E-state index is 3.47. The van der Waals surface area contributed by atoms with Crippen LogP contribution >= 0.6 is 0 Å². The number of nitrogens with one attached hydrogen (secondary N) is 1. The van der Waals surface area contributed by atoms with Crippen molar-refractivity contribution >= 4 is 0 Å². The van der Waals surface area contributed by atoms with Crippen LogP contribution in [0.1, 0.15) is 42.9 Å². The molecule has 0 unspecified atom stereocenters. The summed E-state index contributed by atoms with van der Waals surface area (Å²) in [6.07, 6.45) is 3.84. The Morgan fingerprint density at radius 3 is 2.32 bits per heavy atom. The van der Waals surface area contributed by atoms with E-state index in [9.17, 15) is 0 Å². The Balaban J connectivity index is 2.06. The Kier molecular flexibility index (Phi) is 5.41. The van der Waals surface area contributed by atoms with Gasteiger partial charge >= 0.3 is 0 Å². The van der Waals surface area contributed by atoms with E-state index in [0.29, 0.717) is 0 Å². The summed E-state index contributed by atoms with van der Waals surface area (Å²) in [4.78, 5) is 2.69. The maximum Gasteiger partial charge on any atom is 0.0236 e. The molecule has 2 heteroatoms. The molecule has 1 aromatic rings. The van der Waals surface area contributed by atoms with E-state index >= 15 is 0 Å². The SMILES string of the molecule is CCCN(Cc1cc(C)cc(C)c1)C1CCNCC1. The topological polar surface area (TPSA) is 15.3 Å². The van der Waals surface area contributed by atoms with Gasteiger partial charge < -0.3 is 5.32 Å². The fourth-order valence-electron chi connectivity index (χ4n) is 3.24.